The number of hydrogen-bond donors (Lipinski definition) is 1. The van der Waals surface area contributed by atoms with Crippen LogP contribution in [0.1, 0.15) is 43.3 Å². The van der Waals surface area contributed by atoms with E-state index in [4.69, 9.17) is 5.73 Å². The fourth-order valence-corrected chi connectivity index (χ4v) is 2.75. The van der Waals surface area contributed by atoms with Crippen LogP contribution in [-0.4, -0.2) is 34.3 Å². The first kappa shape index (κ1) is 10.3. The van der Waals surface area contributed by atoms with Crippen molar-refractivity contribution in [2.45, 2.75) is 43.8 Å². The first-order chi connectivity index (χ1) is 7.75. The van der Waals surface area contributed by atoms with Gasteiger partial charge in [-0.15, -0.1) is 0 Å². The van der Waals surface area contributed by atoms with E-state index in [0.717, 1.165) is 13.0 Å². The molecule has 0 aromatic carbocycles. The van der Waals surface area contributed by atoms with Gasteiger partial charge in [-0.05, 0) is 39.3 Å². The van der Waals surface area contributed by atoms with Gasteiger partial charge in [0.25, 0.3) is 0 Å². The summed E-state index contributed by atoms with van der Waals surface area (Å²) in [6, 6.07) is 1.29. The predicted octanol–water partition coefficient (Wildman–Crippen LogP) is 1.31. The van der Waals surface area contributed by atoms with Crippen LogP contribution in [0.25, 0.3) is 0 Å². The first-order valence-corrected chi connectivity index (χ1v) is 6.25. The molecule has 2 unspecified atom stereocenters. The van der Waals surface area contributed by atoms with Gasteiger partial charge in [0.05, 0.1) is 18.3 Å². The summed E-state index contributed by atoms with van der Waals surface area (Å²) >= 11 is 0. The Kier molecular flexibility index (Phi) is 2.48. The van der Waals surface area contributed by atoms with Gasteiger partial charge < -0.3 is 5.73 Å². The van der Waals surface area contributed by atoms with Crippen LogP contribution in [0, 0.1) is 0 Å². The third-order valence-corrected chi connectivity index (χ3v) is 3.81. The third kappa shape index (κ3) is 1.76. The second kappa shape index (κ2) is 3.86. The number of aromatic nitrogens is 2. The molecule has 1 saturated heterocycles. The molecule has 2 atom stereocenters. The molecule has 0 bridgehead atoms. The van der Waals surface area contributed by atoms with Crippen molar-refractivity contribution >= 4 is 0 Å². The summed E-state index contributed by atoms with van der Waals surface area (Å²) in [5.74, 6) is 0. The number of piperidine rings is 1. The predicted molar refractivity (Wildman–Crippen MR) is 63.1 cm³/mol. The van der Waals surface area contributed by atoms with E-state index < -0.39 is 0 Å². The van der Waals surface area contributed by atoms with Crippen molar-refractivity contribution in [1.29, 1.82) is 0 Å². The van der Waals surface area contributed by atoms with E-state index in [1.54, 1.807) is 0 Å². The molecule has 0 spiro atoms. The van der Waals surface area contributed by atoms with E-state index in [1.165, 1.54) is 24.8 Å². The normalized spacial score (nSPS) is 31.9. The van der Waals surface area contributed by atoms with Crippen molar-refractivity contribution in [2.24, 2.45) is 5.73 Å². The summed E-state index contributed by atoms with van der Waals surface area (Å²) in [5.41, 5.74) is 7.52. The van der Waals surface area contributed by atoms with Gasteiger partial charge in [-0.1, -0.05) is 0 Å². The maximum atomic E-state index is 6.22. The molecule has 1 aliphatic carbocycles. The third-order valence-electron chi connectivity index (χ3n) is 3.81. The minimum absolute atomic E-state index is 0.260. The Hall–Kier alpha value is -0.870. The van der Waals surface area contributed by atoms with Crippen molar-refractivity contribution in [1.82, 2.24) is 14.7 Å². The quantitative estimate of drug-likeness (QED) is 0.817. The van der Waals surface area contributed by atoms with Crippen LogP contribution in [0.5, 0.6) is 0 Å². The molecule has 1 aromatic heterocycles. The fraction of sp³-hybridized carbons (Fsp3) is 0.750. The molecular formula is C12H20N4. The standard InChI is InChI=1S/C12H20N4/c1-15-6-2-3-11(13)12(15)9-7-14-16(8-9)10-4-5-10/h7-8,10-12H,2-6,13H2,1H3. The monoisotopic (exact) mass is 220 g/mol. The largest absolute Gasteiger partial charge is 0.326 e. The Bertz CT molecular complexity index is 359. The highest BCUT2D eigenvalue weighted by molar-refractivity contribution is 5.15. The molecule has 16 heavy (non-hydrogen) atoms. The maximum absolute atomic E-state index is 6.22. The van der Waals surface area contributed by atoms with Crippen molar-refractivity contribution in [3.63, 3.8) is 0 Å². The summed E-state index contributed by atoms with van der Waals surface area (Å²) in [5, 5.41) is 4.46. The van der Waals surface area contributed by atoms with Gasteiger partial charge in [0.15, 0.2) is 0 Å². The first-order valence-electron chi connectivity index (χ1n) is 6.25. The Balaban J connectivity index is 1.82. The average molecular weight is 220 g/mol. The van der Waals surface area contributed by atoms with E-state index in [-0.39, 0.29) is 6.04 Å². The van der Waals surface area contributed by atoms with Crippen LogP contribution < -0.4 is 5.73 Å². The summed E-state index contributed by atoms with van der Waals surface area (Å²) < 4.78 is 2.12. The topological polar surface area (TPSA) is 47.1 Å². The number of hydrogen-bond acceptors (Lipinski definition) is 3. The molecule has 2 aliphatic rings. The Morgan fingerprint density at radius 2 is 2.19 bits per heavy atom. The second-order valence-corrected chi connectivity index (χ2v) is 5.22. The molecule has 4 nitrogen and oxygen atoms in total. The van der Waals surface area contributed by atoms with Crippen molar-refractivity contribution in [3.05, 3.63) is 18.0 Å². The van der Waals surface area contributed by atoms with Crippen LogP contribution in [0.15, 0.2) is 12.4 Å². The fourth-order valence-electron chi connectivity index (χ4n) is 2.75. The lowest BCUT2D eigenvalue weighted by Crippen LogP contribution is -2.43. The van der Waals surface area contributed by atoms with Crippen LogP contribution in [0.4, 0.5) is 0 Å². The van der Waals surface area contributed by atoms with Gasteiger partial charge in [0.1, 0.15) is 0 Å². The highest BCUT2D eigenvalue weighted by atomic mass is 15.3. The van der Waals surface area contributed by atoms with E-state index in [1.807, 2.05) is 6.20 Å². The smallest absolute Gasteiger partial charge is 0.0538 e. The SMILES string of the molecule is CN1CCCC(N)C1c1cnn(C2CC2)c1. The van der Waals surface area contributed by atoms with Crippen molar-refractivity contribution < 1.29 is 0 Å². The molecule has 3 rings (SSSR count). The minimum Gasteiger partial charge on any atom is -0.326 e. The highest BCUT2D eigenvalue weighted by Crippen LogP contribution is 2.36. The van der Waals surface area contributed by atoms with Crippen molar-refractivity contribution in [3.8, 4) is 0 Å². The number of likely N-dealkylation sites (N-methyl/N-ethyl adjacent to an activating group) is 1. The second-order valence-electron chi connectivity index (χ2n) is 5.22. The molecule has 2 fully saturated rings. The number of nitrogens with zero attached hydrogens (tertiary/aromatic N) is 3. The molecule has 1 aromatic rings. The number of likely N-dealkylation sites (tertiary alicyclic amines) is 1. The highest BCUT2D eigenvalue weighted by Gasteiger charge is 2.30. The molecular weight excluding hydrogens is 200 g/mol. The lowest BCUT2D eigenvalue weighted by molar-refractivity contribution is 0.163. The Morgan fingerprint density at radius 3 is 2.88 bits per heavy atom. The zero-order valence-electron chi connectivity index (χ0n) is 9.84. The molecule has 2 heterocycles. The Labute approximate surface area is 96.4 Å². The molecule has 1 saturated carbocycles. The van der Waals surface area contributed by atoms with Gasteiger partial charge in [0.2, 0.25) is 0 Å². The number of nitrogens with two attached hydrogens (primary N) is 1. The minimum atomic E-state index is 0.260. The van der Waals surface area contributed by atoms with Crippen LogP contribution in [0.3, 0.4) is 0 Å². The molecule has 1 aliphatic heterocycles. The zero-order chi connectivity index (χ0) is 11.1. The lowest BCUT2D eigenvalue weighted by Gasteiger charge is -2.36. The summed E-state index contributed by atoms with van der Waals surface area (Å²) in [6.07, 6.45) is 9.12. The van der Waals surface area contributed by atoms with Gasteiger partial charge in [-0.25, -0.2) is 0 Å². The van der Waals surface area contributed by atoms with Crippen LogP contribution >= 0.6 is 0 Å². The van der Waals surface area contributed by atoms with Gasteiger partial charge >= 0.3 is 0 Å². The van der Waals surface area contributed by atoms with Gasteiger partial charge in [-0.2, -0.15) is 5.10 Å². The number of rotatable bonds is 2. The molecule has 4 heteroatoms. The van der Waals surface area contributed by atoms with E-state index in [0.29, 0.717) is 12.1 Å². The molecule has 88 valence electrons. The van der Waals surface area contributed by atoms with E-state index in [9.17, 15) is 0 Å². The van der Waals surface area contributed by atoms with Crippen molar-refractivity contribution in [2.75, 3.05) is 13.6 Å². The van der Waals surface area contributed by atoms with Crippen LogP contribution in [-0.2, 0) is 0 Å². The van der Waals surface area contributed by atoms with Gasteiger partial charge in [-0.3, -0.25) is 9.58 Å². The van der Waals surface area contributed by atoms with Crippen LogP contribution in [0.2, 0.25) is 0 Å². The van der Waals surface area contributed by atoms with E-state index in [2.05, 4.69) is 27.9 Å². The molecule has 0 radical (unpaired) electrons. The molecule has 2 N–H and O–H groups in total. The summed E-state index contributed by atoms with van der Waals surface area (Å²) in [4.78, 5) is 2.36. The maximum Gasteiger partial charge on any atom is 0.0538 e. The van der Waals surface area contributed by atoms with E-state index >= 15 is 0 Å². The average Bonchev–Trinajstić information content (AvgIpc) is 2.99. The Morgan fingerprint density at radius 1 is 1.38 bits per heavy atom. The summed E-state index contributed by atoms with van der Waals surface area (Å²) in [7, 11) is 2.16. The summed E-state index contributed by atoms with van der Waals surface area (Å²) in [6.45, 7) is 1.15. The van der Waals surface area contributed by atoms with Gasteiger partial charge in [0, 0.05) is 17.8 Å². The lowest BCUT2D eigenvalue weighted by atomic mass is 9.93. The zero-order valence-corrected chi connectivity index (χ0v) is 9.84. The molecule has 0 amide bonds.